The minimum Gasteiger partial charge on any atom is -0.492 e. The van der Waals surface area contributed by atoms with E-state index >= 15 is 0 Å². The van der Waals surface area contributed by atoms with Crippen molar-refractivity contribution >= 4 is 44.4 Å². The van der Waals surface area contributed by atoms with E-state index in [-0.39, 0.29) is 0 Å². The van der Waals surface area contributed by atoms with Gasteiger partial charge in [-0.2, -0.15) is 0 Å². The van der Waals surface area contributed by atoms with Gasteiger partial charge >= 0.3 is 7.12 Å². The Balaban J connectivity index is 2.77. The van der Waals surface area contributed by atoms with E-state index in [1.807, 2.05) is 27.7 Å². The Morgan fingerprint density at radius 2 is 1.12 bits per heavy atom. The van der Waals surface area contributed by atoms with Gasteiger partial charge in [0.1, 0.15) is 0 Å². The van der Waals surface area contributed by atoms with Crippen LogP contribution in [0.4, 0.5) is 0 Å². The van der Waals surface area contributed by atoms with Crippen molar-refractivity contribution in [2.45, 2.75) is 49.6 Å². The van der Waals surface area contributed by atoms with Gasteiger partial charge in [0.25, 0.3) is 0 Å². The van der Waals surface area contributed by atoms with E-state index in [1.165, 1.54) is 0 Å². The Morgan fingerprint density at radius 3 is 1.40 bits per heavy atom. The highest BCUT2D eigenvalue weighted by Gasteiger charge is 2.53. The second-order valence-corrected chi connectivity index (χ2v) is 7.95. The smallest absolute Gasteiger partial charge is 0.492 e. The lowest BCUT2D eigenvalue weighted by molar-refractivity contribution is 0.00578. The van der Waals surface area contributed by atoms with Crippen LogP contribution in [-0.4, -0.2) is 39.6 Å². The highest BCUT2D eigenvalue weighted by Crippen LogP contribution is 2.45. The average molecular weight is 480 g/mol. The Kier molecular flexibility index (Phi) is 6.40. The zero-order valence-corrected chi connectivity index (χ0v) is 19.0. The highest BCUT2D eigenvalue weighted by molar-refractivity contribution is 9.08. The van der Waals surface area contributed by atoms with Crippen LogP contribution < -0.4 is 19.7 Å². The fourth-order valence-electron chi connectivity index (χ4n) is 2.93. The summed E-state index contributed by atoms with van der Waals surface area (Å²) >= 11 is 7.15. The maximum atomic E-state index is 6.29. The van der Waals surface area contributed by atoms with Crippen LogP contribution in [-0.2, 0) is 20.0 Å². The molecule has 0 aromatic heterocycles. The number of alkyl halides is 2. The molecule has 0 radical (unpaired) electrons. The topological polar surface area (TPSA) is 46.2 Å². The Hall–Kier alpha value is -0.435. The third-order valence-electron chi connectivity index (χ3n) is 4.98. The molecule has 5 nitrogen and oxygen atoms in total. The first-order valence-electron chi connectivity index (χ1n) is 8.00. The van der Waals surface area contributed by atoms with Crippen LogP contribution in [0.3, 0.4) is 0 Å². The molecule has 0 atom stereocenters. The molecule has 2 rings (SSSR count). The van der Waals surface area contributed by atoms with Crippen LogP contribution in [0.25, 0.3) is 0 Å². The van der Waals surface area contributed by atoms with Gasteiger partial charge in [-0.15, -0.1) is 0 Å². The molecular weight excluding hydrogens is 455 g/mol. The summed E-state index contributed by atoms with van der Waals surface area (Å²) in [7, 11) is 4.31. The fraction of sp³-hybridized carbons (Fsp3) is 0.647. The summed E-state index contributed by atoms with van der Waals surface area (Å²) in [4.78, 5) is 0. The molecule has 0 saturated carbocycles. The van der Waals surface area contributed by atoms with Crippen LogP contribution in [0.1, 0.15) is 38.8 Å². The number of rotatable bonds is 6. The number of benzene rings is 1. The van der Waals surface area contributed by atoms with Crippen LogP contribution in [0.2, 0.25) is 0 Å². The summed E-state index contributed by atoms with van der Waals surface area (Å²) < 4.78 is 29.4. The van der Waals surface area contributed by atoms with E-state index < -0.39 is 18.3 Å². The molecule has 0 N–H and O–H groups in total. The minimum absolute atomic E-state index is 0.439. The third kappa shape index (κ3) is 3.43. The molecule has 1 fully saturated rings. The maximum Gasteiger partial charge on any atom is 0.495 e. The summed E-state index contributed by atoms with van der Waals surface area (Å²) in [6.45, 7) is 8.14. The summed E-state index contributed by atoms with van der Waals surface area (Å²) in [5, 5.41) is 1.13. The molecule has 1 heterocycles. The van der Waals surface area contributed by atoms with Crippen molar-refractivity contribution in [1.82, 2.24) is 0 Å². The second-order valence-electron chi connectivity index (χ2n) is 6.83. The van der Waals surface area contributed by atoms with E-state index in [4.69, 9.17) is 23.5 Å². The molecule has 8 heteroatoms. The molecule has 0 unspecified atom stereocenters. The average Bonchev–Trinajstić information content (AvgIpc) is 2.78. The number of halogens is 2. The lowest BCUT2D eigenvalue weighted by Crippen LogP contribution is -2.41. The normalized spacial score (nSPS) is 18.4. The van der Waals surface area contributed by atoms with Crippen LogP contribution >= 0.6 is 31.9 Å². The van der Waals surface area contributed by atoms with Crippen molar-refractivity contribution in [2.24, 2.45) is 0 Å². The van der Waals surface area contributed by atoms with Crippen molar-refractivity contribution < 1.29 is 23.5 Å². The van der Waals surface area contributed by atoms with E-state index in [0.29, 0.717) is 27.9 Å². The lowest BCUT2D eigenvalue weighted by atomic mass is 9.72. The first kappa shape index (κ1) is 20.9. The number of ether oxygens (including phenoxy) is 3. The van der Waals surface area contributed by atoms with Gasteiger partial charge in [0.2, 0.25) is 5.75 Å². The van der Waals surface area contributed by atoms with E-state index in [9.17, 15) is 0 Å². The van der Waals surface area contributed by atoms with E-state index in [0.717, 1.165) is 16.6 Å². The largest absolute Gasteiger partial charge is 0.495 e. The Morgan fingerprint density at radius 1 is 0.760 bits per heavy atom. The van der Waals surface area contributed by atoms with Crippen LogP contribution in [0, 0.1) is 0 Å². The summed E-state index contributed by atoms with van der Waals surface area (Å²) in [6.07, 6.45) is 0. The van der Waals surface area contributed by atoms with Gasteiger partial charge in [0.05, 0.1) is 32.5 Å². The molecule has 0 aliphatic carbocycles. The predicted molar refractivity (Wildman–Crippen MR) is 107 cm³/mol. The first-order valence-corrected chi connectivity index (χ1v) is 10.2. The zero-order valence-electron chi connectivity index (χ0n) is 15.8. The molecule has 1 aliphatic heterocycles. The standard InChI is InChI=1S/C17H25BBr2O5/c1-16(2)17(3,4)25-18(24-16)12-10(8-19)13(21-5)15(23-7)14(22-6)11(12)9-20/h8-9H2,1-7H3. The summed E-state index contributed by atoms with van der Waals surface area (Å²) in [5.41, 5.74) is 1.87. The van der Waals surface area contributed by atoms with Crippen molar-refractivity contribution in [3.63, 3.8) is 0 Å². The molecule has 0 spiro atoms. The zero-order chi connectivity index (χ0) is 19.0. The molecule has 140 valence electrons. The second kappa shape index (κ2) is 7.67. The molecule has 1 aliphatic rings. The molecule has 0 amide bonds. The number of methoxy groups -OCH3 is 3. The van der Waals surface area contributed by atoms with Crippen LogP contribution in [0.5, 0.6) is 17.2 Å². The molecule has 1 aromatic carbocycles. The van der Waals surface area contributed by atoms with E-state index in [1.54, 1.807) is 21.3 Å². The van der Waals surface area contributed by atoms with Gasteiger partial charge in [-0.25, -0.2) is 0 Å². The van der Waals surface area contributed by atoms with Gasteiger partial charge in [-0.05, 0) is 33.2 Å². The minimum atomic E-state index is -0.529. The van der Waals surface area contributed by atoms with Gasteiger partial charge in [-0.1, -0.05) is 31.9 Å². The summed E-state index contributed by atoms with van der Waals surface area (Å²) in [5.74, 6) is 1.80. The van der Waals surface area contributed by atoms with Gasteiger partial charge in [-0.3, -0.25) is 0 Å². The highest BCUT2D eigenvalue weighted by atomic mass is 79.9. The predicted octanol–water partition coefficient (Wildman–Crippen LogP) is 3.80. The monoisotopic (exact) mass is 478 g/mol. The van der Waals surface area contributed by atoms with Gasteiger partial charge in [0, 0.05) is 21.8 Å². The maximum absolute atomic E-state index is 6.29. The first-order chi connectivity index (χ1) is 11.7. The SMILES string of the molecule is COc1c(CBr)c(B2OC(C)(C)C(C)(C)O2)c(CBr)c(OC)c1OC. The third-order valence-corrected chi connectivity index (χ3v) is 6.10. The van der Waals surface area contributed by atoms with E-state index in [2.05, 4.69) is 31.9 Å². The van der Waals surface area contributed by atoms with Crippen molar-refractivity contribution in [3.8, 4) is 17.2 Å². The van der Waals surface area contributed by atoms with Crippen molar-refractivity contribution in [3.05, 3.63) is 11.1 Å². The summed E-state index contributed by atoms with van der Waals surface area (Å²) in [6, 6.07) is 0. The van der Waals surface area contributed by atoms with Crippen LogP contribution in [0.15, 0.2) is 0 Å². The molecule has 1 saturated heterocycles. The number of hydrogen-bond donors (Lipinski definition) is 0. The molecular formula is C17H25BBr2O5. The molecule has 0 bridgehead atoms. The van der Waals surface area contributed by atoms with Crippen molar-refractivity contribution in [1.29, 1.82) is 0 Å². The molecule has 1 aromatic rings. The fourth-order valence-corrected chi connectivity index (χ4v) is 4.05. The Labute approximate surface area is 167 Å². The van der Waals surface area contributed by atoms with Gasteiger partial charge in [0.15, 0.2) is 11.5 Å². The van der Waals surface area contributed by atoms with Gasteiger partial charge < -0.3 is 23.5 Å². The Bertz CT molecular complexity index is 599. The lowest BCUT2D eigenvalue weighted by Gasteiger charge is -2.32. The molecule has 25 heavy (non-hydrogen) atoms. The van der Waals surface area contributed by atoms with Crippen molar-refractivity contribution in [2.75, 3.05) is 21.3 Å². The quantitative estimate of drug-likeness (QED) is 0.459. The number of hydrogen-bond acceptors (Lipinski definition) is 5.